The van der Waals surface area contributed by atoms with Gasteiger partial charge in [-0.2, -0.15) is 4.98 Å². The quantitative estimate of drug-likeness (QED) is 0.670. The molecule has 0 radical (unpaired) electrons. The Hall–Kier alpha value is -2.21. The summed E-state index contributed by atoms with van der Waals surface area (Å²) < 4.78 is 5.36. The first kappa shape index (κ1) is 17.6. The number of nitrogens with zero attached hydrogens (tertiary/aromatic N) is 3. The molecule has 3 rings (SSSR count). The van der Waals surface area contributed by atoms with E-state index in [1.807, 2.05) is 42.5 Å². The van der Waals surface area contributed by atoms with Crippen molar-refractivity contribution in [2.75, 3.05) is 13.2 Å². The van der Waals surface area contributed by atoms with Crippen molar-refractivity contribution in [2.24, 2.45) is 0 Å². The van der Waals surface area contributed by atoms with Crippen molar-refractivity contribution in [3.05, 3.63) is 82.5 Å². The lowest BCUT2D eigenvalue weighted by Crippen LogP contribution is -2.26. The summed E-state index contributed by atoms with van der Waals surface area (Å²) in [6.07, 6.45) is 0.530. The van der Waals surface area contributed by atoms with E-state index < -0.39 is 0 Å². The van der Waals surface area contributed by atoms with Gasteiger partial charge in [0.25, 0.3) is 0 Å². The van der Waals surface area contributed by atoms with Crippen LogP contribution in [-0.2, 0) is 19.5 Å². The normalized spacial score (nSPS) is 11.2. The van der Waals surface area contributed by atoms with Crippen LogP contribution in [0.1, 0.15) is 22.8 Å². The molecule has 0 aliphatic rings. The molecule has 0 aliphatic heterocycles. The van der Waals surface area contributed by atoms with Crippen LogP contribution in [0.4, 0.5) is 0 Å². The molecule has 0 spiro atoms. The van der Waals surface area contributed by atoms with E-state index in [9.17, 15) is 5.11 Å². The van der Waals surface area contributed by atoms with Gasteiger partial charge in [-0.25, -0.2) is 0 Å². The molecule has 2 aromatic carbocycles. The van der Waals surface area contributed by atoms with E-state index in [0.29, 0.717) is 42.8 Å². The lowest BCUT2D eigenvalue weighted by Gasteiger charge is -2.19. The number of hydrogen-bond acceptors (Lipinski definition) is 5. The number of hydrogen-bond donors (Lipinski definition) is 1. The molecule has 1 aromatic heterocycles. The molecular weight excluding hydrogens is 338 g/mol. The van der Waals surface area contributed by atoms with Crippen LogP contribution in [0.3, 0.4) is 0 Å². The van der Waals surface area contributed by atoms with E-state index in [-0.39, 0.29) is 6.61 Å². The third-order valence-electron chi connectivity index (χ3n) is 3.84. The van der Waals surface area contributed by atoms with Crippen LogP contribution in [0.5, 0.6) is 0 Å². The van der Waals surface area contributed by atoms with E-state index in [1.165, 1.54) is 5.56 Å². The summed E-state index contributed by atoms with van der Waals surface area (Å²) in [6, 6.07) is 17.7. The molecule has 1 N–H and O–H groups in total. The molecule has 0 fully saturated rings. The summed E-state index contributed by atoms with van der Waals surface area (Å²) in [4.78, 5) is 6.52. The maximum absolute atomic E-state index is 9.30. The third kappa shape index (κ3) is 5.13. The Labute approximate surface area is 151 Å². The average molecular weight is 358 g/mol. The summed E-state index contributed by atoms with van der Waals surface area (Å²) >= 11 is 6.17. The fraction of sp³-hybridized carbons (Fsp3) is 0.263. The van der Waals surface area contributed by atoms with Crippen molar-refractivity contribution in [2.45, 2.75) is 19.5 Å². The van der Waals surface area contributed by atoms with Crippen molar-refractivity contribution in [3.8, 4) is 0 Å². The van der Waals surface area contributed by atoms with Crippen molar-refractivity contribution in [1.82, 2.24) is 15.0 Å². The Kier molecular flexibility index (Phi) is 6.17. The molecule has 6 heteroatoms. The highest BCUT2D eigenvalue weighted by Gasteiger charge is 2.13. The van der Waals surface area contributed by atoms with Gasteiger partial charge in [0, 0.05) is 24.5 Å². The molecule has 0 atom stereocenters. The molecule has 0 unspecified atom stereocenters. The van der Waals surface area contributed by atoms with E-state index in [0.717, 1.165) is 5.56 Å². The molecule has 5 nitrogen and oxygen atoms in total. The van der Waals surface area contributed by atoms with Crippen molar-refractivity contribution in [1.29, 1.82) is 0 Å². The number of halogens is 1. The van der Waals surface area contributed by atoms with E-state index in [1.54, 1.807) is 0 Å². The molecule has 0 saturated heterocycles. The number of rotatable bonds is 8. The van der Waals surface area contributed by atoms with Crippen molar-refractivity contribution >= 4 is 11.6 Å². The van der Waals surface area contributed by atoms with E-state index in [4.69, 9.17) is 16.1 Å². The first-order valence-corrected chi connectivity index (χ1v) is 8.54. The first-order valence-electron chi connectivity index (χ1n) is 8.16. The zero-order valence-corrected chi connectivity index (χ0v) is 14.6. The molecule has 0 saturated carbocycles. The fourth-order valence-corrected chi connectivity index (χ4v) is 2.83. The second kappa shape index (κ2) is 8.76. The summed E-state index contributed by atoms with van der Waals surface area (Å²) in [7, 11) is 0. The minimum atomic E-state index is 0.0768. The second-order valence-corrected chi connectivity index (χ2v) is 6.20. The minimum absolute atomic E-state index is 0.0768. The minimum Gasteiger partial charge on any atom is -0.395 e. The van der Waals surface area contributed by atoms with Gasteiger partial charge in [-0.1, -0.05) is 65.3 Å². The highest BCUT2D eigenvalue weighted by molar-refractivity contribution is 6.31. The molecule has 0 bridgehead atoms. The summed E-state index contributed by atoms with van der Waals surface area (Å²) in [5.74, 6) is 1.14. The highest BCUT2D eigenvalue weighted by atomic mass is 35.5. The zero-order chi connectivity index (χ0) is 17.5. The van der Waals surface area contributed by atoms with Gasteiger partial charge in [0.05, 0.1) is 13.2 Å². The van der Waals surface area contributed by atoms with Gasteiger partial charge in [-0.05, 0) is 17.2 Å². The lowest BCUT2D eigenvalue weighted by molar-refractivity contribution is 0.167. The molecular formula is C19H20ClN3O2. The van der Waals surface area contributed by atoms with Crippen LogP contribution >= 0.6 is 11.6 Å². The van der Waals surface area contributed by atoms with Gasteiger partial charge in [0.15, 0.2) is 5.82 Å². The third-order valence-corrected chi connectivity index (χ3v) is 4.21. The van der Waals surface area contributed by atoms with Crippen LogP contribution in [0.2, 0.25) is 5.02 Å². The SMILES string of the molecule is OCCN(Cc1ccccc1)Cc1nc(Cc2ccccc2Cl)no1. The Morgan fingerprint density at radius 1 is 1.00 bits per heavy atom. The van der Waals surface area contributed by atoms with Gasteiger partial charge in [0.2, 0.25) is 5.89 Å². The van der Waals surface area contributed by atoms with Gasteiger partial charge in [-0.3, -0.25) is 4.90 Å². The second-order valence-electron chi connectivity index (χ2n) is 5.79. The molecule has 0 amide bonds. The van der Waals surface area contributed by atoms with Gasteiger partial charge in [-0.15, -0.1) is 0 Å². The summed E-state index contributed by atoms with van der Waals surface area (Å²) in [5, 5.41) is 14.0. The molecule has 0 aliphatic carbocycles. The zero-order valence-electron chi connectivity index (χ0n) is 13.8. The van der Waals surface area contributed by atoms with Gasteiger partial charge in [0.1, 0.15) is 0 Å². The number of benzene rings is 2. The monoisotopic (exact) mass is 357 g/mol. The fourth-order valence-electron chi connectivity index (χ4n) is 2.63. The molecule has 1 heterocycles. The van der Waals surface area contributed by atoms with Crippen LogP contribution < -0.4 is 0 Å². The molecule has 3 aromatic rings. The van der Waals surface area contributed by atoms with E-state index >= 15 is 0 Å². The standard InChI is InChI=1S/C19H20ClN3O2/c20-17-9-5-4-8-16(17)12-18-21-19(25-22-18)14-23(10-11-24)13-15-6-2-1-3-7-15/h1-9,24H,10-14H2. The Morgan fingerprint density at radius 2 is 1.76 bits per heavy atom. The Morgan fingerprint density at radius 3 is 2.52 bits per heavy atom. The predicted octanol–water partition coefficient (Wildman–Crippen LogP) is 3.31. The average Bonchev–Trinajstić information content (AvgIpc) is 3.05. The van der Waals surface area contributed by atoms with Crippen LogP contribution in [0.15, 0.2) is 59.1 Å². The molecule has 130 valence electrons. The van der Waals surface area contributed by atoms with Crippen LogP contribution in [-0.4, -0.2) is 33.3 Å². The maximum Gasteiger partial charge on any atom is 0.240 e. The summed E-state index contributed by atoms with van der Waals surface area (Å²) in [6.45, 7) is 1.82. The number of aromatic nitrogens is 2. The van der Waals surface area contributed by atoms with Gasteiger partial charge < -0.3 is 9.63 Å². The molecule has 25 heavy (non-hydrogen) atoms. The van der Waals surface area contributed by atoms with Crippen LogP contribution in [0, 0.1) is 0 Å². The van der Waals surface area contributed by atoms with Crippen LogP contribution in [0.25, 0.3) is 0 Å². The highest BCUT2D eigenvalue weighted by Crippen LogP contribution is 2.18. The maximum atomic E-state index is 9.30. The Bertz CT molecular complexity index is 792. The largest absolute Gasteiger partial charge is 0.395 e. The van der Waals surface area contributed by atoms with Crippen molar-refractivity contribution < 1.29 is 9.63 Å². The lowest BCUT2D eigenvalue weighted by atomic mass is 10.1. The Balaban J connectivity index is 1.65. The predicted molar refractivity (Wildman–Crippen MR) is 96.2 cm³/mol. The van der Waals surface area contributed by atoms with Crippen molar-refractivity contribution in [3.63, 3.8) is 0 Å². The topological polar surface area (TPSA) is 62.4 Å². The summed E-state index contributed by atoms with van der Waals surface area (Å²) in [5.41, 5.74) is 2.14. The smallest absolute Gasteiger partial charge is 0.240 e. The number of aliphatic hydroxyl groups excluding tert-OH is 1. The first-order chi connectivity index (χ1) is 12.2. The van der Waals surface area contributed by atoms with E-state index in [2.05, 4.69) is 27.2 Å². The number of aliphatic hydroxyl groups is 1. The van der Waals surface area contributed by atoms with Gasteiger partial charge >= 0.3 is 0 Å².